The van der Waals surface area contributed by atoms with Gasteiger partial charge in [-0.3, -0.25) is 5.10 Å². The van der Waals surface area contributed by atoms with E-state index >= 15 is 0 Å². The average molecular weight is 453 g/mol. The highest BCUT2D eigenvalue weighted by atomic mass is 32.2. The SMILES string of the molecule is COc1cc(-c2nc3c(C#N)c[nH]n3c2Nc2ccc(SC)c(F)c2)cc(OC)c1OC. The van der Waals surface area contributed by atoms with Gasteiger partial charge in [0.2, 0.25) is 5.75 Å². The Bertz CT molecular complexity index is 1320. The molecule has 10 heteroatoms. The Balaban J connectivity index is 1.91. The molecule has 0 fully saturated rings. The number of aromatic nitrogens is 3. The first-order chi connectivity index (χ1) is 15.5. The van der Waals surface area contributed by atoms with Crippen LogP contribution in [0.15, 0.2) is 41.4 Å². The summed E-state index contributed by atoms with van der Waals surface area (Å²) in [6, 6.07) is 10.5. The van der Waals surface area contributed by atoms with Crippen molar-refractivity contribution in [2.75, 3.05) is 32.9 Å². The van der Waals surface area contributed by atoms with Crippen LogP contribution in [0, 0.1) is 17.1 Å². The summed E-state index contributed by atoms with van der Waals surface area (Å²) in [5, 5.41) is 15.7. The van der Waals surface area contributed by atoms with Crippen molar-refractivity contribution in [3.8, 4) is 34.6 Å². The van der Waals surface area contributed by atoms with E-state index in [1.165, 1.54) is 39.2 Å². The van der Waals surface area contributed by atoms with E-state index in [0.29, 0.717) is 56.1 Å². The van der Waals surface area contributed by atoms with Gasteiger partial charge in [0.15, 0.2) is 23.0 Å². The third kappa shape index (κ3) is 3.56. The number of anilines is 2. The fourth-order valence-electron chi connectivity index (χ4n) is 3.42. The lowest BCUT2D eigenvalue weighted by Crippen LogP contribution is -2.00. The summed E-state index contributed by atoms with van der Waals surface area (Å²) in [7, 11) is 4.59. The van der Waals surface area contributed by atoms with Crippen LogP contribution in [0.4, 0.5) is 15.9 Å². The molecule has 2 heterocycles. The molecule has 0 bridgehead atoms. The van der Waals surface area contributed by atoms with Crippen LogP contribution in [-0.2, 0) is 0 Å². The van der Waals surface area contributed by atoms with Gasteiger partial charge in [-0.25, -0.2) is 13.9 Å². The molecule has 0 saturated carbocycles. The third-order valence-corrected chi connectivity index (χ3v) is 5.70. The normalized spacial score (nSPS) is 10.8. The van der Waals surface area contributed by atoms with Crippen LogP contribution in [0.3, 0.4) is 0 Å². The molecule has 2 aromatic carbocycles. The lowest BCUT2D eigenvalue weighted by Gasteiger charge is -2.14. The smallest absolute Gasteiger partial charge is 0.203 e. The number of fused-ring (bicyclic) bond motifs is 1. The zero-order chi connectivity index (χ0) is 22.8. The number of thioether (sulfide) groups is 1. The summed E-state index contributed by atoms with van der Waals surface area (Å²) in [6.45, 7) is 0. The van der Waals surface area contributed by atoms with E-state index in [-0.39, 0.29) is 5.82 Å². The predicted octanol–water partition coefficient (Wildman–Crippen LogP) is 4.83. The Morgan fingerprint density at radius 3 is 2.41 bits per heavy atom. The van der Waals surface area contributed by atoms with Gasteiger partial charge in [-0.15, -0.1) is 11.8 Å². The van der Waals surface area contributed by atoms with Crippen molar-refractivity contribution >= 4 is 28.9 Å². The van der Waals surface area contributed by atoms with Crippen LogP contribution in [0.5, 0.6) is 17.2 Å². The summed E-state index contributed by atoms with van der Waals surface area (Å²) >= 11 is 1.33. The van der Waals surface area contributed by atoms with Gasteiger partial charge in [-0.1, -0.05) is 0 Å². The maximum atomic E-state index is 14.4. The summed E-state index contributed by atoms with van der Waals surface area (Å²) in [5.41, 5.74) is 2.51. The molecule has 0 amide bonds. The van der Waals surface area contributed by atoms with Crippen LogP contribution >= 0.6 is 11.8 Å². The van der Waals surface area contributed by atoms with E-state index in [1.807, 2.05) is 6.26 Å². The molecule has 4 aromatic rings. The molecule has 32 heavy (non-hydrogen) atoms. The highest BCUT2D eigenvalue weighted by Gasteiger charge is 2.22. The minimum absolute atomic E-state index is 0.332. The van der Waals surface area contributed by atoms with Crippen LogP contribution in [0.1, 0.15) is 5.56 Å². The van der Waals surface area contributed by atoms with Crippen molar-refractivity contribution in [2.24, 2.45) is 0 Å². The predicted molar refractivity (Wildman–Crippen MR) is 121 cm³/mol. The minimum atomic E-state index is -0.332. The third-order valence-electron chi connectivity index (χ3n) is 4.93. The van der Waals surface area contributed by atoms with Gasteiger partial charge in [-0.2, -0.15) is 5.26 Å². The molecule has 0 saturated heterocycles. The second-order valence-electron chi connectivity index (χ2n) is 6.66. The molecule has 0 unspecified atom stereocenters. The van der Waals surface area contributed by atoms with Crippen molar-refractivity contribution in [3.63, 3.8) is 0 Å². The van der Waals surface area contributed by atoms with E-state index in [2.05, 4.69) is 21.5 Å². The van der Waals surface area contributed by atoms with Crippen molar-refractivity contribution in [2.45, 2.75) is 4.90 Å². The van der Waals surface area contributed by atoms with Crippen LogP contribution < -0.4 is 19.5 Å². The molecule has 0 aliphatic heterocycles. The number of ether oxygens (including phenoxy) is 3. The molecule has 8 nitrogen and oxygen atoms in total. The Kier molecular flexibility index (Phi) is 5.83. The number of methoxy groups -OCH3 is 3. The first-order valence-electron chi connectivity index (χ1n) is 9.45. The van der Waals surface area contributed by atoms with Crippen molar-refractivity contribution in [3.05, 3.63) is 47.9 Å². The van der Waals surface area contributed by atoms with Crippen molar-refractivity contribution < 1.29 is 18.6 Å². The molecule has 0 atom stereocenters. The number of H-pyrrole nitrogens is 1. The first kappa shape index (κ1) is 21.4. The number of imidazole rings is 1. The molecule has 2 aromatic heterocycles. The molecule has 4 rings (SSSR count). The Hall–Kier alpha value is -3.84. The molecule has 2 N–H and O–H groups in total. The van der Waals surface area contributed by atoms with E-state index < -0.39 is 0 Å². The van der Waals surface area contributed by atoms with E-state index in [1.54, 1.807) is 35.0 Å². The largest absolute Gasteiger partial charge is 0.493 e. The summed E-state index contributed by atoms with van der Waals surface area (Å²) in [4.78, 5) is 5.22. The Morgan fingerprint density at radius 2 is 1.84 bits per heavy atom. The molecular formula is C22H20FN5O3S. The van der Waals surface area contributed by atoms with Crippen LogP contribution in [0.2, 0.25) is 0 Å². The first-order valence-corrected chi connectivity index (χ1v) is 10.7. The molecule has 164 valence electrons. The number of halogens is 1. The fraction of sp³-hybridized carbons (Fsp3) is 0.182. The molecule has 0 aliphatic rings. The van der Waals surface area contributed by atoms with Gasteiger partial charge >= 0.3 is 0 Å². The van der Waals surface area contributed by atoms with E-state index in [9.17, 15) is 9.65 Å². The van der Waals surface area contributed by atoms with Crippen molar-refractivity contribution in [1.29, 1.82) is 5.26 Å². The second kappa shape index (κ2) is 8.72. The monoisotopic (exact) mass is 453 g/mol. The highest BCUT2D eigenvalue weighted by molar-refractivity contribution is 7.98. The number of rotatable bonds is 7. The quantitative estimate of drug-likeness (QED) is 0.387. The van der Waals surface area contributed by atoms with E-state index in [4.69, 9.17) is 14.2 Å². The van der Waals surface area contributed by atoms with Gasteiger partial charge in [0.05, 0.1) is 21.3 Å². The fourth-order valence-corrected chi connectivity index (χ4v) is 3.88. The molecule has 0 radical (unpaired) electrons. The summed E-state index contributed by atoms with van der Waals surface area (Å²) in [5.74, 6) is 1.56. The average Bonchev–Trinajstić information content (AvgIpc) is 3.37. The Labute approximate surface area is 187 Å². The number of benzene rings is 2. The number of hydrogen-bond acceptors (Lipinski definition) is 7. The number of nitrogens with zero attached hydrogens (tertiary/aromatic N) is 3. The van der Waals surface area contributed by atoms with Gasteiger partial charge in [-0.05, 0) is 36.6 Å². The van der Waals surface area contributed by atoms with Crippen LogP contribution in [-0.4, -0.2) is 42.2 Å². The number of aromatic amines is 1. The zero-order valence-electron chi connectivity index (χ0n) is 17.8. The van der Waals surface area contributed by atoms with Crippen LogP contribution in [0.25, 0.3) is 16.9 Å². The maximum absolute atomic E-state index is 14.4. The number of nitrogens with one attached hydrogen (secondary N) is 2. The number of hydrogen-bond donors (Lipinski definition) is 2. The Morgan fingerprint density at radius 1 is 1.12 bits per heavy atom. The summed E-state index contributed by atoms with van der Waals surface area (Å²) in [6.07, 6.45) is 3.38. The maximum Gasteiger partial charge on any atom is 0.203 e. The molecule has 0 spiro atoms. The lowest BCUT2D eigenvalue weighted by atomic mass is 10.1. The minimum Gasteiger partial charge on any atom is -0.493 e. The highest BCUT2D eigenvalue weighted by Crippen LogP contribution is 2.43. The van der Waals surface area contributed by atoms with Gasteiger partial charge < -0.3 is 19.5 Å². The topological polar surface area (TPSA) is 96.6 Å². The van der Waals surface area contributed by atoms with Crippen molar-refractivity contribution in [1.82, 2.24) is 14.6 Å². The van der Waals surface area contributed by atoms with Gasteiger partial charge in [0.1, 0.15) is 23.1 Å². The van der Waals surface area contributed by atoms with Gasteiger partial charge in [0, 0.05) is 22.3 Å². The summed E-state index contributed by atoms with van der Waals surface area (Å²) < 4.78 is 32.4. The molecular weight excluding hydrogens is 433 g/mol. The number of nitriles is 1. The second-order valence-corrected chi connectivity index (χ2v) is 7.50. The standard InChI is InChI=1S/C22H20FN5O3S/c1-29-16-7-12(8-17(30-2)20(16)31-3)19-22(28-21(27-19)13(10-24)11-25-28)26-14-5-6-18(32-4)15(23)9-14/h5-9,11,25-26H,1-4H3. The lowest BCUT2D eigenvalue weighted by molar-refractivity contribution is 0.324. The molecule has 0 aliphatic carbocycles. The van der Waals surface area contributed by atoms with Gasteiger partial charge in [0.25, 0.3) is 0 Å². The van der Waals surface area contributed by atoms with E-state index in [0.717, 1.165) is 0 Å². The zero-order valence-corrected chi connectivity index (χ0v) is 18.6.